The first kappa shape index (κ1) is 20.6. The number of rotatable bonds is 9. The Kier molecular flexibility index (Phi) is 8.24. The van der Waals surface area contributed by atoms with E-state index in [1.807, 2.05) is 0 Å². The summed E-state index contributed by atoms with van der Waals surface area (Å²) in [6.07, 6.45) is 3.65. The molecule has 1 aromatic carbocycles. The van der Waals surface area contributed by atoms with Gasteiger partial charge in [0.05, 0.1) is 10.0 Å². The summed E-state index contributed by atoms with van der Waals surface area (Å²) in [5.74, 6) is -0.542. The molecule has 140 valence electrons. The lowest BCUT2D eigenvalue weighted by atomic mass is 10.1. The maximum atomic E-state index is 12.0. The van der Waals surface area contributed by atoms with E-state index >= 15 is 0 Å². The second-order valence-electron chi connectivity index (χ2n) is 5.51. The highest BCUT2D eigenvalue weighted by atomic mass is 35.5. The van der Waals surface area contributed by atoms with Crippen molar-refractivity contribution >= 4 is 51.5 Å². The van der Waals surface area contributed by atoms with Gasteiger partial charge in [-0.1, -0.05) is 53.4 Å². The average molecular weight is 417 g/mol. The van der Waals surface area contributed by atoms with Crippen LogP contribution in [0.3, 0.4) is 0 Å². The second kappa shape index (κ2) is 10.4. The minimum absolute atomic E-state index is 0.147. The molecule has 2 amide bonds. The van der Waals surface area contributed by atoms with Gasteiger partial charge in [0.1, 0.15) is 0 Å². The Hall–Kier alpha value is -1.74. The molecular formula is C16H18Cl2N4O3S. The standard InChI is InChI=1S/C16H18Cl2N4O3S/c17-10-6-5-7-11(18)14(10)15-20-21-16(26-15)19-12(23)8-3-1-2-4-9-13(24)22-25/h5-7,25H,1-4,8-9H2,(H,22,24)(H,19,21,23). The van der Waals surface area contributed by atoms with E-state index in [4.69, 9.17) is 28.4 Å². The monoisotopic (exact) mass is 416 g/mol. The summed E-state index contributed by atoms with van der Waals surface area (Å²) < 4.78 is 0. The molecule has 0 saturated heterocycles. The molecule has 0 aliphatic heterocycles. The molecule has 26 heavy (non-hydrogen) atoms. The zero-order valence-electron chi connectivity index (χ0n) is 13.8. The van der Waals surface area contributed by atoms with Gasteiger partial charge in [0.15, 0.2) is 5.01 Å². The maximum absolute atomic E-state index is 12.0. The van der Waals surface area contributed by atoms with Crippen LogP contribution in [0.15, 0.2) is 18.2 Å². The molecule has 7 nitrogen and oxygen atoms in total. The molecule has 2 aromatic rings. The van der Waals surface area contributed by atoms with Crippen molar-refractivity contribution in [1.82, 2.24) is 15.7 Å². The Morgan fingerprint density at radius 1 is 1.00 bits per heavy atom. The zero-order chi connectivity index (χ0) is 18.9. The Labute approximate surface area is 164 Å². The first-order valence-corrected chi connectivity index (χ1v) is 9.59. The fourth-order valence-corrected chi connectivity index (χ4v) is 3.76. The van der Waals surface area contributed by atoms with Crippen molar-refractivity contribution < 1.29 is 14.8 Å². The quantitative estimate of drug-likeness (QED) is 0.321. The van der Waals surface area contributed by atoms with Gasteiger partial charge < -0.3 is 5.32 Å². The van der Waals surface area contributed by atoms with Gasteiger partial charge in [0.25, 0.3) is 0 Å². The van der Waals surface area contributed by atoms with Crippen molar-refractivity contribution in [1.29, 1.82) is 0 Å². The highest BCUT2D eigenvalue weighted by Gasteiger charge is 2.15. The number of halogens is 2. The molecule has 0 aliphatic rings. The van der Waals surface area contributed by atoms with Crippen LogP contribution in [0.4, 0.5) is 5.13 Å². The Morgan fingerprint density at radius 3 is 2.23 bits per heavy atom. The number of carbonyl (C=O) groups is 2. The number of hydrogen-bond acceptors (Lipinski definition) is 6. The fraction of sp³-hybridized carbons (Fsp3) is 0.375. The van der Waals surface area contributed by atoms with E-state index in [-0.39, 0.29) is 12.3 Å². The molecule has 0 fully saturated rings. The van der Waals surface area contributed by atoms with Gasteiger partial charge in [-0.25, -0.2) is 5.48 Å². The predicted molar refractivity (Wildman–Crippen MR) is 102 cm³/mol. The summed E-state index contributed by atoms with van der Waals surface area (Å²) in [4.78, 5) is 22.8. The number of nitrogens with zero attached hydrogens (tertiary/aromatic N) is 2. The molecule has 0 spiro atoms. The Balaban J connectivity index is 1.77. The number of hydroxylamine groups is 1. The number of unbranched alkanes of at least 4 members (excludes halogenated alkanes) is 3. The summed E-state index contributed by atoms with van der Waals surface area (Å²) in [5.41, 5.74) is 2.19. The van der Waals surface area contributed by atoms with E-state index in [9.17, 15) is 9.59 Å². The van der Waals surface area contributed by atoms with Crippen LogP contribution < -0.4 is 10.8 Å². The summed E-state index contributed by atoms with van der Waals surface area (Å²) in [7, 11) is 0. The van der Waals surface area contributed by atoms with Crippen molar-refractivity contribution in [3.05, 3.63) is 28.2 Å². The molecule has 2 rings (SSSR count). The molecule has 1 heterocycles. The van der Waals surface area contributed by atoms with Gasteiger partial charge in [0, 0.05) is 18.4 Å². The number of carbonyl (C=O) groups excluding carboxylic acids is 2. The van der Waals surface area contributed by atoms with E-state index in [0.717, 1.165) is 12.8 Å². The molecule has 0 aliphatic carbocycles. The van der Waals surface area contributed by atoms with E-state index in [0.29, 0.717) is 45.0 Å². The van der Waals surface area contributed by atoms with E-state index < -0.39 is 5.91 Å². The summed E-state index contributed by atoms with van der Waals surface area (Å²) >= 11 is 13.5. The summed E-state index contributed by atoms with van der Waals surface area (Å²) in [6, 6.07) is 5.17. The molecule has 0 unspecified atom stereocenters. The topological polar surface area (TPSA) is 104 Å². The van der Waals surface area contributed by atoms with Gasteiger partial charge in [-0.2, -0.15) is 0 Å². The maximum Gasteiger partial charge on any atom is 0.243 e. The van der Waals surface area contributed by atoms with Crippen LogP contribution in [0.1, 0.15) is 38.5 Å². The van der Waals surface area contributed by atoms with Gasteiger partial charge in [0.2, 0.25) is 16.9 Å². The van der Waals surface area contributed by atoms with Gasteiger partial charge in [-0.05, 0) is 25.0 Å². The first-order chi connectivity index (χ1) is 12.5. The molecule has 0 bridgehead atoms. The molecule has 1 aromatic heterocycles. The Morgan fingerprint density at radius 2 is 1.62 bits per heavy atom. The Bertz CT molecular complexity index is 749. The van der Waals surface area contributed by atoms with Gasteiger partial charge >= 0.3 is 0 Å². The number of hydrogen-bond donors (Lipinski definition) is 3. The van der Waals surface area contributed by atoms with Crippen LogP contribution in [-0.4, -0.2) is 27.2 Å². The van der Waals surface area contributed by atoms with E-state index in [2.05, 4.69) is 15.5 Å². The van der Waals surface area contributed by atoms with Crippen LogP contribution in [0, 0.1) is 0 Å². The summed E-state index contributed by atoms with van der Waals surface area (Å²) in [6.45, 7) is 0. The van der Waals surface area contributed by atoms with Crippen molar-refractivity contribution in [3.8, 4) is 10.6 Å². The molecular weight excluding hydrogens is 399 g/mol. The lowest BCUT2D eigenvalue weighted by Crippen LogP contribution is -2.17. The number of nitrogens with one attached hydrogen (secondary N) is 2. The number of anilines is 1. The molecule has 3 N–H and O–H groups in total. The fourth-order valence-electron chi connectivity index (χ4n) is 2.24. The molecule has 0 saturated carbocycles. The van der Waals surface area contributed by atoms with E-state index in [1.165, 1.54) is 11.3 Å². The number of aromatic nitrogens is 2. The largest absolute Gasteiger partial charge is 0.301 e. The first-order valence-electron chi connectivity index (χ1n) is 8.02. The smallest absolute Gasteiger partial charge is 0.243 e. The lowest BCUT2D eigenvalue weighted by molar-refractivity contribution is -0.129. The third-order valence-corrected chi connectivity index (χ3v) is 5.02. The van der Waals surface area contributed by atoms with Crippen molar-refractivity contribution in [2.75, 3.05) is 5.32 Å². The number of amides is 2. The van der Waals surface area contributed by atoms with Crippen LogP contribution >= 0.6 is 34.5 Å². The third-order valence-electron chi connectivity index (χ3n) is 3.53. The minimum atomic E-state index is -0.395. The van der Waals surface area contributed by atoms with Crippen molar-refractivity contribution in [3.63, 3.8) is 0 Å². The highest BCUT2D eigenvalue weighted by Crippen LogP contribution is 2.37. The van der Waals surface area contributed by atoms with Crippen LogP contribution in [-0.2, 0) is 9.59 Å². The van der Waals surface area contributed by atoms with Gasteiger partial charge in [-0.15, -0.1) is 10.2 Å². The van der Waals surface area contributed by atoms with E-state index in [1.54, 1.807) is 23.7 Å². The SMILES string of the molecule is O=C(CCCCCCC(=O)Nc1nnc(-c2c(Cl)cccc2Cl)s1)NO. The third kappa shape index (κ3) is 6.21. The second-order valence-corrected chi connectivity index (χ2v) is 7.30. The zero-order valence-corrected chi connectivity index (χ0v) is 16.1. The van der Waals surface area contributed by atoms with Crippen LogP contribution in [0.5, 0.6) is 0 Å². The van der Waals surface area contributed by atoms with Crippen molar-refractivity contribution in [2.45, 2.75) is 38.5 Å². The number of benzene rings is 1. The van der Waals surface area contributed by atoms with Crippen molar-refractivity contribution in [2.24, 2.45) is 0 Å². The van der Waals surface area contributed by atoms with Crippen LogP contribution in [0.25, 0.3) is 10.6 Å². The normalized spacial score (nSPS) is 10.6. The van der Waals surface area contributed by atoms with Gasteiger partial charge in [-0.3, -0.25) is 14.8 Å². The highest BCUT2D eigenvalue weighted by molar-refractivity contribution is 7.18. The minimum Gasteiger partial charge on any atom is -0.301 e. The molecule has 0 atom stereocenters. The predicted octanol–water partition coefficient (Wildman–Crippen LogP) is 4.30. The lowest BCUT2D eigenvalue weighted by Gasteiger charge is -2.02. The molecule has 0 radical (unpaired) electrons. The van der Waals surface area contributed by atoms with Crippen LogP contribution in [0.2, 0.25) is 10.0 Å². The average Bonchev–Trinajstić information content (AvgIpc) is 3.05. The summed E-state index contributed by atoms with van der Waals surface area (Å²) in [5, 5.41) is 21.0. The molecule has 10 heteroatoms.